The second-order valence-electron chi connectivity index (χ2n) is 7.47. The van der Waals surface area contributed by atoms with Gasteiger partial charge in [-0.1, -0.05) is 48.5 Å². The van der Waals surface area contributed by atoms with Crippen LogP contribution < -0.4 is 10.9 Å². The van der Waals surface area contributed by atoms with Gasteiger partial charge in [-0.25, -0.2) is 4.98 Å². The van der Waals surface area contributed by atoms with Crippen LogP contribution in [-0.4, -0.2) is 27.3 Å². The zero-order valence-electron chi connectivity index (χ0n) is 17.5. The molecule has 0 radical (unpaired) electrons. The van der Waals surface area contributed by atoms with Gasteiger partial charge in [0.1, 0.15) is 4.83 Å². The molecule has 0 atom stereocenters. The van der Waals surface area contributed by atoms with Gasteiger partial charge in [0.25, 0.3) is 5.56 Å². The third kappa shape index (κ3) is 4.90. The maximum Gasteiger partial charge on any atom is 0.263 e. The van der Waals surface area contributed by atoms with E-state index in [2.05, 4.69) is 12.2 Å². The highest BCUT2D eigenvalue weighted by Crippen LogP contribution is 2.29. The van der Waals surface area contributed by atoms with Crippen LogP contribution in [0.3, 0.4) is 0 Å². The molecule has 0 saturated carbocycles. The van der Waals surface area contributed by atoms with Crippen molar-refractivity contribution in [1.29, 1.82) is 0 Å². The Morgan fingerprint density at radius 1 is 1.24 bits per heavy atom. The van der Waals surface area contributed by atoms with Crippen molar-refractivity contribution in [3.05, 3.63) is 56.2 Å². The van der Waals surface area contributed by atoms with Gasteiger partial charge in [-0.2, -0.15) is 0 Å². The highest BCUT2D eigenvalue weighted by atomic mass is 32.2. The van der Waals surface area contributed by atoms with Crippen molar-refractivity contribution in [2.45, 2.75) is 58.8 Å². The van der Waals surface area contributed by atoms with Crippen LogP contribution in [0.5, 0.6) is 0 Å². The lowest BCUT2D eigenvalue weighted by atomic mass is 10.1. The number of thiophene rings is 1. The summed E-state index contributed by atoms with van der Waals surface area (Å²) in [5, 5.41) is 4.18. The molecule has 0 bridgehead atoms. The van der Waals surface area contributed by atoms with E-state index < -0.39 is 0 Å². The lowest BCUT2D eigenvalue weighted by Crippen LogP contribution is -2.32. The van der Waals surface area contributed by atoms with Crippen LogP contribution in [0.15, 0.2) is 34.2 Å². The number of benzene rings is 1. The highest BCUT2D eigenvalue weighted by molar-refractivity contribution is 7.99. The molecular weight excluding hydrogens is 402 g/mol. The van der Waals surface area contributed by atoms with E-state index in [4.69, 9.17) is 4.98 Å². The Labute approximate surface area is 179 Å². The summed E-state index contributed by atoms with van der Waals surface area (Å²) >= 11 is 2.89. The van der Waals surface area contributed by atoms with E-state index in [1.807, 2.05) is 52.0 Å². The monoisotopic (exact) mass is 429 g/mol. The minimum absolute atomic E-state index is 0.0317. The molecule has 3 rings (SSSR count). The Morgan fingerprint density at radius 2 is 1.93 bits per heavy atom. The molecule has 1 aromatic carbocycles. The molecule has 29 heavy (non-hydrogen) atoms. The number of aryl methyl sites for hydroxylation is 3. The minimum Gasteiger partial charge on any atom is -0.353 e. The second-order valence-corrected chi connectivity index (χ2v) is 9.49. The maximum atomic E-state index is 13.4. The first-order valence-corrected chi connectivity index (χ1v) is 11.6. The topological polar surface area (TPSA) is 64.0 Å². The van der Waals surface area contributed by atoms with E-state index in [0.717, 1.165) is 22.4 Å². The number of nitrogens with zero attached hydrogens (tertiary/aromatic N) is 2. The van der Waals surface area contributed by atoms with Crippen molar-refractivity contribution in [3.63, 3.8) is 0 Å². The molecule has 2 aromatic heterocycles. The zero-order valence-corrected chi connectivity index (χ0v) is 19.2. The van der Waals surface area contributed by atoms with E-state index in [-0.39, 0.29) is 23.3 Å². The van der Waals surface area contributed by atoms with Gasteiger partial charge in [0.2, 0.25) is 5.91 Å². The molecule has 0 fully saturated rings. The number of hydrogen-bond donors (Lipinski definition) is 1. The van der Waals surface area contributed by atoms with Gasteiger partial charge >= 0.3 is 0 Å². The van der Waals surface area contributed by atoms with Crippen molar-refractivity contribution in [2.24, 2.45) is 0 Å². The molecule has 7 heteroatoms. The lowest BCUT2D eigenvalue weighted by molar-refractivity contribution is -0.119. The smallest absolute Gasteiger partial charge is 0.263 e. The van der Waals surface area contributed by atoms with Gasteiger partial charge in [0, 0.05) is 10.9 Å². The van der Waals surface area contributed by atoms with Crippen molar-refractivity contribution in [3.8, 4) is 0 Å². The Hall–Kier alpha value is -2.12. The first-order chi connectivity index (χ1) is 13.8. The normalized spacial score (nSPS) is 11.4. The molecule has 1 amide bonds. The van der Waals surface area contributed by atoms with E-state index in [9.17, 15) is 9.59 Å². The summed E-state index contributed by atoms with van der Waals surface area (Å²) in [5.74, 6) is 0.174. The summed E-state index contributed by atoms with van der Waals surface area (Å²) in [6.07, 6.45) is 0.879. The number of hydrogen-bond acceptors (Lipinski definition) is 5. The van der Waals surface area contributed by atoms with Gasteiger partial charge in [0.15, 0.2) is 5.16 Å². The molecule has 154 valence electrons. The Kier molecular flexibility index (Phi) is 6.80. The van der Waals surface area contributed by atoms with Crippen LogP contribution >= 0.6 is 23.1 Å². The van der Waals surface area contributed by atoms with Gasteiger partial charge in [-0.15, -0.1) is 11.3 Å². The lowest BCUT2D eigenvalue weighted by Gasteiger charge is -2.13. The highest BCUT2D eigenvalue weighted by Gasteiger charge is 2.19. The minimum atomic E-state index is -0.0576. The van der Waals surface area contributed by atoms with Gasteiger partial charge < -0.3 is 5.32 Å². The Bertz CT molecular complexity index is 1080. The molecule has 5 nitrogen and oxygen atoms in total. The van der Waals surface area contributed by atoms with E-state index in [1.165, 1.54) is 22.2 Å². The summed E-state index contributed by atoms with van der Waals surface area (Å²) in [6.45, 7) is 10.4. The molecule has 0 spiro atoms. The van der Waals surface area contributed by atoms with Gasteiger partial charge in [-0.05, 0) is 45.2 Å². The fraction of sp³-hybridized carbons (Fsp3) is 0.409. The third-order valence-corrected chi connectivity index (χ3v) is 6.98. The predicted octanol–water partition coefficient (Wildman–Crippen LogP) is 4.30. The first-order valence-electron chi connectivity index (χ1n) is 9.80. The fourth-order valence-electron chi connectivity index (χ4n) is 3.20. The summed E-state index contributed by atoms with van der Waals surface area (Å²) in [4.78, 5) is 32.3. The second kappa shape index (κ2) is 9.13. The molecule has 1 N–H and O–H groups in total. The fourth-order valence-corrected chi connectivity index (χ4v) is 5.17. The molecule has 0 aliphatic carbocycles. The number of amides is 1. The first kappa shape index (κ1) is 21.6. The van der Waals surface area contributed by atoms with Crippen LogP contribution in [0.1, 0.15) is 42.3 Å². The number of thioether (sulfide) groups is 1. The average molecular weight is 430 g/mol. The summed E-state index contributed by atoms with van der Waals surface area (Å²) < 4.78 is 1.71. The zero-order chi connectivity index (χ0) is 21.1. The number of nitrogens with one attached hydrogen (secondary N) is 1. The molecule has 3 aromatic rings. The van der Waals surface area contributed by atoms with Gasteiger partial charge in [-0.3, -0.25) is 14.2 Å². The predicted molar refractivity (Wildman–Crippen MR) is 122 cm³/mol. The van der Waals surface area contributed by atoms with Crippen molar-refractivity contribution in [2.75, 3.05) is 5.75 Å². The quantitative estimate of drug-likeness (QED) is 0.449. The number of fused-ring (bicyclic) bond motifs is 1. The largest absolute Gasteiger partial charge is 0.353 e. The Balaban J connectivity index is 2.04. The van der Waals surface area contributed by atoms with Crippen LogP contribution in [0.25, 0.3) is 10.2 Å². The maximum absolute atomic E-state index is 13.4. The number of rotatable bonds is 7. The van der Waals surface area contributed by atoms with E-state index in [0.29, 0.717) is 17.1 Å². The van der Waals surface area contributed by atoms with Crippen molar-refractivity contribution >= 4 is 39.2 Å². The summed E-state index contributed by atoms with van der Waals surface area (Å²) in [7, 11) is 0. The Morgan fingerprint density at radius 3 is 2.55 bits per heavy atom. The molecule has 0 unspecified atom stereocenters. The summed E-state index contributed by atoms with van der Waals surface area (Å²) in [6, 6.07) is 8.23. The number of carbonyl (C=O) groups excluding carboxylic acids is 1. The standard InChI is InChI=1S/C22H27N3O2S2/c1-6-17-15(5)19-20(29-17)24-22(28-12-18(26)23-13(2)3)25(21(19)27)11-16-9-7-14(4)8-10-16/h7-10,13H,6,11-12H2,1-5H3,(H,23,26). The van der Waals surface area contributed by atoms with Crippen molar-refractivity contribution in [1.82, 2.24) is 14.9 Å². The summed E-state index contributed by atoms with van der Waals surface area (Å²) in [5.41, 5.74) is 3.21. The van der Waals surface area contributed by atoms with Crippen molar-refractivity contribution < 1.29 is 4.79 Å². The molecule has 0 aliphatic heterocycles. The molecule has 0 aliphatic rings. The van der Waals surface area contributed by atoms with E-state index in [1.54, 1.807) is 15.9 Å². The van der Waals surface area contributed by atoms with Crippen LogP contribution in [-0.2, 0) is 17.8 Å². The van der Waals surface area contributed by atoms with Crippen LogP contribution in [0.4, 0.5) is 0 Å². The van der Waals surface area contributed by atoms with E-state index >= 15 is 0 Å². The van der Waals surface area contributed by atoms with Crippen LogP contribution in [0.2, 0.25) is 0 Å². The number of aromatic nitrogens is 2. The molecule has 0 saturated heterocycles. The molecular formula is C22H27N3O2S2. The average Bonchev–Trinajstić information content (AvgIpc) is 2.99. The molecule has 2 heterocycles. The third-order valence-electron chi connectivity index (χ3n) is 4.68. The SMILES string of the molecule is CCc1sc2nc(SCC(=O)NC(C)C)n(Cc3ccc(C)cc3)c(=O)c2c1C. The van der Waals surface area contributed by atoms with Crippen LogP contribution in [0, 0.1) is 13.8 Å². The number of carbonyl (C=O) groups is 1. The van der Waals surface area contributed by atoms with Gasteiger partial charge in [0.05, 0.1) is 17.7 Å².